The molecule has 176 valence electrons. The molecule has 3 rings (SSSR count). The first kappa shape index (κ1) is 23.8. The summed E-state index contributed by atoms with van der Waals surface area (Å²) in [4.78, 5) is 38.2. The van der Waals surface area contributed by atoms with Crippen LogP contribution in [0.3, 0.4) is 0 Å². The van der Waals surface area contributed by atoms with Crippen molar-refractivity contribution in [2.45, 2.75) is 63.1 Å². The quantitative estimate of drug-likeness (QED) is 0.544. The standard InChI is InChI=1S/C22H29NO9/c1-29-17-9-7-15(8-10-17)14-31-21(28)23-11-4-5-16(23)13-22(19(24)25,20(26)27)32-18-6-2-3-12-30-18/h7-10,16,18H,2-6,11-14H2,1H3,(H,24,25)(H,26,27). The van der Waals surface area contributed by atoms with Crippen LogP contribution >= 0.6 is 0 Å². The van der Waals surface area contributed by atoms with Gasteiger partial charge in [-0.15, -0.1) is 0 Å². The number of hydrogen-bond donors (Lipinski definition) is 2. The van der Waals surface area contributed by atoms with Gasteiger partial charge in [0.2, 0.25) is 0 Å². The summed E-state index contributed by atoms with van der Waals surface area (Å²) < 4.78 is 21.4. The van der Waals surface area contributed by atoms with Crippen LogP contribution in [0.25, 0.3) is 0 Å². The summed E-state index contributed by atoms with van der Waals surface area (Å²) >= 11 is 0. The first-order chi connectivity index (χ1) is 15.4. The largest absolute Gasteiger partial charge is 0.497 e. The number of carboxylic acid groups (broad SMARTS) is 2. The van der Waals surface area contributed by atoms with Crippen LogP contribution in [0.5, 0.6) is 5.75 Å². The summed E-state index contributed by atoms with van der Waals surface area (Å²) in [5, 5.41) is 19.6. The molecule has 0 aliphatic carbocycles. The van der Waals surface area contributed by atoms with Crippen molar-refractivity contribution < 1.29 is 43.5 Å². The number of hydrogen-bond acceptors (Lipinski definition) is 7. The summed E-state index contributed by atoms with van der Waals surface area (Å²) in [5.41, 5.74) is -1.75. The van der Waals surface area contributed by atoms with Crippen molar-refractivity contribution in [1.82, 2.24) is 4.90 Å². The molecule has 2 aliphatic heterocycles. The van der Waals surface area contributed by atoms with E-state index in [-0.39, 0.29) is 6.61 Å². The first-order valence-corrected chi connectivity index (χ1v) is 10.7. The Labute approximate surface area is 186 Å². The van der Waals surface area contributed by atoms with Crippen molar-refractivity contribution in [3.63, 3.8) is 0 Å². The van der Waals surface area contributed by atoms with E-state index in [1.54, 1.807) is 31.4 Å². The smallest absolute Gasteiger partial charge is 0.410 e. The Balaban J connectivity index is 1.67. The van der Waals surface area contributed by atoms with E-state index in [1.165, 1.54) is 4.90 Å². The Morgan fingerprint density at radius 2 is 1.81 bits per heavy atom. The third kappa shape index (κ3) is 5.49. The van der Waals surface area contributed by atoms with Crippen molar-refractivity contribution in [2.24, 2.45) is 0 Å². The third-order valence-electron chi connectivity index (χ3n) is 5.82. The second-order valence-electron chi connectivity index (χ2n) is 7.95. The van der Waals surface area contributed by atoms with E-state index in [4.69, 9.17) is 18.9 Å². The van der Waals surface area contributed by atoms with Gasteiger partial charge in [-0.3, -0.25) is 0 Å². The van der Waals surface area contributed by atoms with Crippen molar-refractivity contribution in [3.8, 4) is 5.75 Å². The number of methoxy groups -OCH3 is 1. The molecule has 2 N–H and O–H groups in total. The highest BCUT2D eigenvalue weighted by atomic mass is 16.7. The molecular weight excluding hydrogens is 422 g/mol. The van der Waals surface area contributed by atoms with Gasteiger partial charge in [-0.25, -0.2) is 14.4 Å². The molecule has 0 bridgehead atoms. The van der Waals surface area contributed by atoms with Gasteiger partial charge in [0.15, 0.2) is 6.29 Å². The van der Waals surface area contributed by atoms with Gasteiger partial charge >= 0.3 is 18.0 Å². The minimum absolute atomic E-state index is 0.0292. The molecule has 0 saturated carbocycles. The molecule has 0 radical (unpaired) electrons. The maximum absolute atomic E-state index is 12.7. The van der Waals surface area contributed by atoms with E-state index >= 15 is 0 Å². The van der Waals surface area contributed by atoms with Crippen LogP contribution < -0.4 is 4.74 Å². The van der Waals surface area contributed by atoms with Crippen LogP contribution in [0.1, 0.15) is 44.1 Å². The first-order valence-electron chi connectivity index (χ1n) is 10.7. The van der Waals surface area contributed by atoms with Crippen LogP contribution in [0.2, 0.25) is 0 Å². The van der Waals surface area contributed by atoms with E-state index in [9.17, 15) is 24.6 Å². The van der Waals surface area contributed by atoms with E-state index in [0.717, 1.165) is 18.4 Å². The van der Waals surface area contributed by atoms with E-state index in [0.29, 0.717) is 38.2 Å². The third-order valence-corrected chi connectivity index (χ3v) is 5.82. The average molecular weight is 451 g/mol. The molecule has 2 fully saturated rings. The normalized spacial score (nSPS) is 21.2. The Kier molecular flexibility index (Phi) is 7.92. The average Bonchev–Trinajstić information content (AvgIpc) is 3.25. The summed E-state index contributed by atoms with van der Waals surface area (Å²) in [6.45, 7) is 0.760. The van der Waals surface area contributed by atoms with Crippen molar-refractivity contribution in [3.05, 3.63) is 29.8 Å². The SMILES string of the molecule is COc1ccc(COC(=O)N2CCCC2CC(OC2CCCCO2)(C(=O)O)C(=O)O)cc1. The van der Waals surface area contributed by atoms with E-state index in [2.05, 4.69) is 0 Å². The highest BCUT2D eigenvalue weighted by Crippen LogP contribution is 2.32. The number of nitrogens with zero attached hydrogens (tertiary/aromatic N) is 1. The number of benzene rings is 1. The van der Waals surface area contributed by atoms with Gasteiger partial charge in [-0.2, -0.15) is 0 Å². The number of amides is 1. The lowest BCUT2D eigenvalue weighted by Gasteiger charge is -2.35. The summed E-state index contributed by atoms with van der Waals surface area (Å²) in [6, 6.07) is 6.40. The van der Waals surface area contributed by atoms with E-state index < -0.39 is 42.4 Å². The zero-order valence-corrected chi connectivity index (χ0v) is 18.0. The molecule has 1 aromatic carbocycles. The number of likely N-dealkylation sites (tertiary alicyclic amines) is 1. The second-order valence-corrected chi connectivity index (χ2v) is 7.95. The van der Waals surface area contributed by atoms with E-state index in [1.807, 2.05) is 0 Å². The molecule has 1 amide bonds. The maximum Gasteiger partial charge on any atom is 0.410 e. The number of carboxylic acids is 2. The topological polar surface area (TPSA) is 132 Å². The fourth-order valence-corrected chi connectivity index (χ4v) is 4.01. The molecule has 2 atom stereocenters. The van der Waals surface area contributed by atoms with Crippen molar-refractivity contribution >= 4 is 18.0 Å². The van der Waals surface area contributed by atoms with Gasteiger partial charge in [0.25, 0.3) is 5.60 Å². The molecule has 32 heavy (non-hydrogen) atoms. The maximum atomic E-state index is 12.7. The molecule has 10 heteroatoms. The Morgan fingerprint density at radius 3 is 2.41 bits per heavy atom. The lowest BCUT2D eigenvalue weighted by Crippen LogP contribution is -2.55. The fraction of sp³-hybridized carbons (Fsp3) is 0.591. The van der Waals surface area contributed by atoms with Gasteiger partial charge in [-0.05, 0) is 49.8 Å². The molecule has 1 aromatic rings. The lowest BCUT2D eigenvalue weighted by atomic mass is 9.93. The Hall–Kier alpha value is -2.85. The molecule has 2 heterocycles. The van der Waals surface area contributed by atoms with Gasteiger partial charge in [0.1, 0.15) is 12.4 Å². The fourth-order valence-electron chi connectivity index (χ4n) is 4.01. The van der Waals surface area contributed by atoms with Crippen LogP contribution in [0.15, 0.2) is 24.3 Å². The molecule has 2 unspecified atom stereocenters. The molecular formula is C22H29NO9. The molecule has 10 nitrogen and oxygen atoms in total. The van der Waals surface area contributed by atoms with Gasteiger partial charge in [0.05, 0.1) is 7.11 Å². The van der Waals surface area contributed by atoms with Crippen LogP contribution in [0, 0.1) is 0 Å². The monoisotopic (exact) mass is 451 g/mol. The minimum Gasteiger partial charge on any atom is -0.497 e. The molecule has 0 aromatic heterocycles. The number of rotatable bonds is 9. The molecule has 2 aliphatic rings. The Bertz CT molecular complexity index is 790. The second kappa shape index (κ2) is 10.6. The van der Waals surface area contributed by atoms with Crippen molar-refractivity contribution in [1.29, 1.82) is 0 Å². The number of aliphatic carboxylic acids is 2. The molecule has 2 saturated heterocycles. The summed E-state index contributed by atoms with van der Waals surface area (Å²) in [7, 11) is 1.56. The van der Waals surface area contributed by atoms with Gasteiger partial charge in [-0.1, -0.05) is 12.1 Å². The zero-order chi connectivity index (χ0) is 23.1. The van der Waals surface area contributed by atoms with Crippen LogP contribution in [-0.4, -0.2) is 71.3 Å². The molecule has 0 spiro atoms. The predicted molar refractivity (Wildman–Crippen MR) is 110 cm³/mol. The number of carbonyl (C=O) groups is 3. The predicted octanol–water partition coefficient (Wildman–Crippen LogP) is 2.64. The van der Waals surface area contributed by atoms with Crippen LogP contribution in [-0.2, 0) is 30.4 Å². The highest BCUT2D eigenvalue weighted by Gasteiger charge is 2.53. The van der Waals surface area contributed by atoms with Gasteiger partial charge in [0, 0.05) is 25.6 Å². The Morgan fingerprint density at radius 1 is 1.09 bits per heavy atom. The highest BCUT2D eigenvalue weighted by molar-refractivity contribution is 6.02. The minimum atomic E-state index is -2.51. The number of carbonyl (C=O) groups excluding carboxylic acids is 1. The van der Waals surface area contributed by atoms with Gasteiger partial charge < -0.3 is 34.1 Å². The zero-order valence-electron chi connectivity index (χ0n) is 18.0. The summed E-state index contributed by atoms with van der Waals surface area (Å²) in [5.74, 6) is -2.55. The van der Waals surface area contributed by atoms with Crippen molar-refractivity contribution in [2.75, 3.05) is 20.3 Å². The van der Waals surface area contributed by atoms with Crippen LogP contribution in [0.4, 0.5) is 4.79 Å². The lowest BCUT2D eigenvalue weighted by molar-refractivity contribution is -0.239. The summed E-state index contributed by atoms with van der Waals surface area (Å²) in [6.07, 6.45) is 1.12. The number of ether oxygens (including phenoxy) is 4.